The first-order valence-electron chi connectivity index (χ1n) is 31.0. The number of benzene rings is 8. The molecule has 0 spiro atoms. The van der Waals surface area contributed by atoms with Gasteiger partial charge in [0.2, 0.25) is 20.0 Å². The Morgan fingerprint density at radius 1 is 0.417 bits per heavy atom. The van der Waals surface area contributed by atoms with Crippen LogP contribution in [0.3, 0.4) is 0 Å². The van der Waals surface area contributed by atoms with Gasteiger partial charge in [-0.2, -0.15) is 0 Å². The number of fused-ring (bicyclic) bond motifs is 3. The monoisotopic (exact) mass is 1340 g/mol. The van der Waals surface area contributed by atoms with Crippen LogP contribution in [0.5, 0.6) is 11.5 Å². The molecule has 3 aliphatic rings. The summed E-state index contributed by atoms with van der Waals surface area (Å²) in [5, 5.41) is 13.8. The fraction of sp³-hybridized carbons (Fsp3) is 0.264. The van der Waals surface area contributed by atoms with Crippen LogP contribution in [-0.4, -0.2) is 72.2 Å². The Kier molecular flexibility index (Phi) is 22.0. The number of rotatable bonds is 16. The molecule has 3 unspecified atom stereocenters. The summed E-state index contributed by atoms with van der Waals surface area (Å²) in [4.78, 5) is 62.8. The third kappa shape index (κ3) is 18.0. The number of nitrogen functional groups attached to an aromatic ring is 1. The van der Waals surface area contributed by atoms with E-state index >= 15 is 0 Å². The summed E-state index contributed by atoms with van der Waals surface area (Å²) in [5.41, 5.74) is 20.8. The molecule has 11 N–H and O–H groups in total. The lowest BCUT2D eigenvalue weighted by Gasteiger charge is -2.20. The SMILES string of the molecule is CC(C)(C)OC(=O)Nc1ccccc1NC(=O)c1ccc2c(c1)CCC2N.COc1ccccc1S(=O)(=O)NC1CCc2cc(C(=O)Nc3ccccc3N)ccc21.COc1ccccc1S(=O)(=O)NC1CCc2cc(C(=O)Nc3ccccc3NC(=O)OC(C)(C)C)ccc21. The first kappa shape index (κ1) is 70.2. The number of methoxy groups -OCH3 is 2. The summed E-state index contributed by atoms with van der Waals surface area (Å²) in [7, 11) is -4.72. The first-order chi connectivity index (χ1) is 45.6. The van der Waals surface area contributed by atoms with Crippen LogP contribution in [0.15, 0.2) is 186 Å². The summed E-state index contributed by atoms with van der Waals surface area (Å²) in [6, 6.07) is 49.2. The van der Waals surface area contributed by atoms with Gasteiger partial charge in [-0.15, -0.1) is 0 Å². The maximum absolute atomic E-state index is 13.1. The van der Waals surface area contributed by atoms with Crippen LogP contribution in [0.25, 0.3) is 0 Å². The average Bonchev–Trinajstić information content (AvgIpc) is 1.55. The minimum absolute atomic E-state index is 0.0517. The van der Waals surface area contributed by atoms with Crippen LogP contribution in [0.1, 0.15) is 143 Å². The van der Waals surface area contributed by atoms with Gasteiger partial charge in [0.1, 0.15) is 32.5 Å². The summed E-state index contributed by atoms with van der Waals surface area (Å²) in [6.45, 7) is 10.7. The van der Waals surface area contributed by atoms with E-state index in [2.05, 4.69) is 36.0 Å². The van der Waals surface area contributed by atoms with Crippen molar-refractivity contribution in [2.75, 3.05) is 46.5 Å². The zero-order valence-corrected chi connectivity index (χ0v) is 56.1. The molecule has 3 atom stereocenters. The van der Waals surface area contributed by atoms with Crippen molar-refractivity contribution in [3.05, 3.63) is 226 Å². The van der Waals surface area contributed by atoms with Crippen LogP contribution >= 0.6 is 0 Å². The molecule has 5 amide bonds. The Labute approximate surface area is 559 Å². The topological polar surface area (TPSA) is 327 Å². The molecule has 0 saturated heterocycles. The number of aryl methyl sites for hydroxylation is 3. The quantitative estimate of drug-likeness (QED) is 0.0406. The van der Waals surface area contributed by atoms with Crippen molar-refractivity contribution in [3.63, 3.8) is 0 Å². The second-order valence-corrected chi connectivity index (χ2v) is 28.3. The minimum Gasteiger partial charge on any atom is -0.495 e. The van der Waals surface area contributed by atoms with Crippen molar-refractivity contribution in [3.8, 4) is 11.5 Å². The maximum Gasteiger partial charge on any atom is 0.412 e. The molecule has 24 heteroatoms. The number of sulfonamides is 2. The molecule has 0 radical (unpaired) electrons. The van der Waals surface area contributed by atoms with E-state index in [1.54, 1.807) is 193 Å². The maximum atomic E-state index is 13.1. The van der Waals surface area contributed by atoms with E-state index in [0.29, 0.717) is 82.2 Å². The van der Waals surface area contributed by atoms with Crippen molar-refractivity contribution in [1.82, 2.24) is 9.44 Å². The van der Waals surface area contributed by atoms with Gasteiger partial charge in [0.05, 0.1) is 48.3 Å². The summed E-state index contributed by atoms with van der Waals surface area (Å²) < 4.78 is 78.5. The highest BCUT2D eigenvalue weighted by atomic mass is 32.2. The van der Waals surface area contributed by atoms with Crippen molar-refractivity contribution in [1.29, 1.82) is 0 Å². The number of ether oxygens (including phenoxy) is 4. The average molecular weight is 1340 g/mol. The number of hydrogen-bond acceptors (Lipinski definition) is 15. The predicted molar refractivity (Wildman–Crippen MR) is 371 cm³/mol. The Bertz CT molecular complexity index is 4460. The van der Waals surface area contributed by atoms with Gasteiger partial charge in [-0.05, 0) is 211 Å². The molecule has 0 aromatic heterocycles. The van der Waals surface area contributed by atoms with Gasteiger partial charge in [0.25, 0.3) is 17.7 Å². The second-order valence-electron chi connectivity index (χ2n) is 24.9. The van der Waals surface area contributed by atoms with E-state index in [4.69, 9.17) is 30.4 Å². The molecular weight excluding hydrogens is 1260 g/mol. The first-order valence-corrected chi connectivity index (χ1v) is 34.0. The predicted octanol–water partition coefficient (Wildman–Crippen LogP) is 13.0. The third-order valence-electron chi connectivity index (χ3n) is 15.6. The fourth-order valence-corrected chi connectivity index (χ4v) is 14.0. The number of hydrogen-bond donors (Lipinski definition) is 9. The molecule has 502 valence electrons. The summed E-state index contributed by atoms with van der Waals surface area (Å²) in [6.07, 6.45) is 3.05. The molecule has 3 aliphatic carbocycles. The molecule has 96 heavy (non-hydrogen) atoms. The van der Waals surface area contributed by atoms with Gasteiger partial charge in [0, 0.05) is 34.8 Å². The van der Waals surface area contributed by atoms with Crippen molar-refractivity contribution in [2.24, 2.45) is 5.73 Å². The molecule has 0 fully saturated rings. The summed E-state index contributed by atoms with van der Waals surface area (Å²) >= 11 is 0. The Balaban J connectivity index is 0.000000172. The minimum atomic E-state index is -3.82. The summed E-state index contributed by atoms with van der Waals surface area (Å²) in [5.74, 6) is -0.299. The lowest BCUT2D eigenvalue weighted by molar-refractivity contribution is 0.0624. The number of nitrogens with two attached hydrogens (primary N) is 2. The zero-order valence-electron chi connectivity index (χ0n) is 54.5. The smallest absolute Gasteiger partial charge is 0.412 e. The van der Waals surface area contributed by atoms with Crippen LogP contribution in [0.2, 0.25) is 0 Å². The lowest BCUT2D eigenvalue weighted by atomic mass is 10.0. The molecule has 0 aliphatic heterocycles. The molecule has 0 saturated carbocycles. The number of para-hydroxylation sites is 8. The van der Waals surface area contributed by atoms with Gasteiger partial charge in [-0.25, -0.2) is 35.9 Å². The number of nitrogens with one attached hydrogen (secondary N) is 7. The largest absolute Gasteiger partial charge is 0.495 e. The molecular formula is C72H79N9O13S2. The molecule has 8 aromatic rings. The highest BCUT2D eigenvalue weighted by molar-refractivity contribution is 7.90. The molecule has 0 bridgehead atoms. The normalized spacial score (nSPS) is 15.3. The van der Waals surface area contributed by atoms with Crippen LogP contribution < -0.4 is 57.0 Å². The van der Waals surface area contributed by atoms with Gasteiger partial charge in [-0.3, -0.25) is 25.0 Å². The molecule has 22 nitrogen and oxygen atoms in total. The van der Waals surface area contributed by atoms with Gasteiger partial charge >= 0.3 is 12.2 Å². The molecule has 8 aromatic carbocycles. The number of anilines is 6. The fourth-order valence-electron chi connectivity index (χ4n) is 11.2. The van der Waals surface area contributed by atoms with Gasteiger partial charge in [0.15, 0.2) is 0 Å². The van der Waals surface area contributed by atoms with Gasteiger partial charge in [-0.1, -0.05) is 78.9 Å². The zero-order chi connectivity index (χ0) is 69.1. The van der Waals surface area contributed by atoms with E-state index in [9.17, 15) is 40.8 Å². The van der Waals surface area contributed by atoms with E-state index in [-0.39, 0.29) is 45.3 Å². The van der Waals surface area contributed by atoms with E-state index < -0.39 is 49.5 Å². The second kappa shape index (κ2) is 30.1. The highest BCUT2D eigenvalue weighted by Crippen LogP contribution is 2.38. The van der Waals surface area contributed by atoms with Crippen molar-refractivity contribution >= 4 is 84.1 Å². The number of amides is 5. The van der Waals surface area contributed by atoms with E-state index in [0.717, 1.165) is 46.2 Å². The Morgan fingerprint density at radius 3 is 1.12 bits per heavy atom. The third-order valence-corrected chi connectivity index (χ3v) is 18.7. The standard InChI is InChI=1S/C28H31N3O6S.C23H23N3O4S.C21H25N3O3/c1-28(2,3)37-27(33)30-23-10-6-5-9-22(23)29-26(32)19-13-15-20-18(17-19)14-16-21(20)31-38(34,35)25-12-8-7-11-24(25)36-4;1-30-21-8-4-5-9-22(21)31(28,29)26-19-13-11-15-14-16(10-12-17(15)19)23(27)25-20-7-3-2-6-18(20)24;1-21(2,3)27-20(26)24-18-7-5-4-6-17(18)23-19(25)14-8-10-15-13(12-14)9-11-16(15)22/h5-13,15,17,21,31H,14,16H2,1-4H3,(H,29,32)(H,30,33);2-10,12,14,19,26H,11,13,24H2,1H3,(H,25,27);4-8,10,12,16H,9,11,22H2,1-3H3,(H,23,25)(H,24,26). The Morgan fingerprint density at radius 2 is 0.740 bits per heavy atom. The highest BCUT2D eigenvalue weighted by Gasteiger charge is 2.32. The molecule has 11 rings (SSSR count). The van der Waals surface area contributed by atoms with Crippen molar-refractivity contribution < 1.29 is 59.8 Å². The molecule has 0 heterocycles. The van der Waals surface area contributed by atoms with Crippen LogP contribution in [0.4, 0.5) is 43.7 Å². The van der Waals surface area contributed by atoms with Gasteiger partial charge < -0.3 is 46.4 Å². The Hall–Kier alpha value is -10.1. The van der Waals surface area contributed by atoms with Crippen LogP contribution in [-0.2, 0) is 48.8 Å². The lowest BCUT2D eigenvalue weighted by Crippen LogP contribution is -2.28. The number of carbonyl (C=O) groups is 5. The van der Waals surface area contributed by atoms with E-state index in [1.165, 1.54) is 26.4 Å². The van der Waals surface area contributed by atoms with Crippen LogP contribution in [0, 0.1) is 0 Å². The number of carbonyl (C=O) groups excluding carboxylic acids is 5. The van der Waals surface area contributed by atoms with Crippen molar-refractivity contribution in [2.45, 2.75) is 119 Å². The van der Waals surface area contributed by atoms with E-state index in [1.807, 2.05) is 12.1 Å².